The first kappa shape index (κ1) is 14.0. The number of aliphatic hydroxyl groups excluding tert-OH is 1. The van der Waals surface area contributed by atoms with Crippen LogP contribution in [0.25, 0.3) is 0 Å². The summed E-state index contributed by atoms with van der Waals surface area (Å²) in [5, 5.41) is 12.7. The Bertz CT molecular complexity index is 507. The average molecular weight is 322 g/mol. The summed E-state index contributed by atoms with van der Waals surface area (Å²) >= 11 is 3.53. The Morgan fingerprint density at radius 1 is 1.26 bits per heavy atom. The molecule has 0 fully saturated rings. The molecule has 0 aliphatic rings. The van der Waals surface area contributed by atoms with Gasteiger partial charge in [0.15, 0.2) is 0 Å². The maximum absolute atomic E-state index is 9.46. The topological polar surface area (TPSA) is 58.0 Å². The minimum absolute atomic E-state index is 0.134. The number of hydrogen-bond acceptors (Lipinski definition) is 4. The normalized spacial score (nSPS) is 12.1. The molecule has 100 valence electrons. The van der Waals surface area contributed by atoms with Crippen molar-refractivity contribution in [2.24, 2.45) is 5.92 Å². The predicted octanol–water partition coefficient (Wildman–Crippen LogP) is 2.50. The van der Waals surface area contributed by atoms with Crippen LogP contribution in [0.3, 0.4) is 0 Å². The summed E-state index contributed by atoms with van der Waals surface area (Å²) in [5.41, 5.74) is 1.20. The van der Waals surface area contributed by atoms with Crippen LogP contribution in [-0.2, 0) is 6.42 Å². The van der Waals surface area contributed by atoms with Gasteiger partial charge in [0.05, 0.1) is 6.20 Å². The second-order valence-corrected chi connectivity index (χ2v) is 5.17. The first-order valence-corrected chi connectivity index (χ1v) is 6.93. The van der Waals surface area contributed by atoms with Crippen molar-refractivity contribution in [3.8, 4) is 0 Å². The zero-order valence-electron chi connectivity index (χ0n) is 10.5. The summed E-state index contributed by atoms with van der Waals surface area (Å²) in [5.74, 6) is 0.869. The highest BCUT2D eigenvalue weighted by Gasteiger charge is 2.10. The molecule has 0 saturated carbocycles. The van der Waals surface area contributed by atoms with Gasteiger partial charge in [-0.05, 0) is 18.1 Å². The van der Waals surface area contributed by atoms with Crippen LogP contribution in [0.5, 0.6) is 0 Å². The number of nitrogens with zero attached hydrogens (tertiary/aromatic N) is 2. The number of rotatable bonds is 6. The molecule has 0 bridgehead atoms. The molecular weight excluding hydrogens is 306 g/mol. The zero-order chi connectivity index (χ0) is 13.5. The van der Waals surface area contributed by atoms with Gasteiger partial charge in [-0.3, -0.25) is 4.98 Å². The van der Waals surface area contributed by atoms with Crippen LogP contribution >= 0.6 is 15.9 Å². The highest BCUT2D eigenvalue weighted by atomic mass is 79.9. The molecule has 2 aromatic rings. The molecule has 0 aliphatic carbocycles. The largest absolute Gasteiger partial charge is 0.396 e. The highest BCUT2D eigenvalue weighted by Crippen LogP contribution is 2.19. The number of benzene rings is 1. The van der Waals surface area contributed by atoms with Gasteiger partial charge in [0.1, 0.15) is 5.82 Å². The van der Waals surface area contributed by atoms with Crippen molar-refractivity contribution in [3.05, 3.63) is 52.9 Å². The fraction of sp³-hybridized carbons (Fsp3) is 0.286. The summed E-state index contributed by atoms with van der Waals surface area (Å²) in [6, 6.07) is 8.07. The molecule has 1 aromatic heterocycles. The maximum atomic E-state index is 9.46. The van der Waals surface area contributed by atoms with Crippen LogP contribution in [-0.4, -0.2) is 28.2 Å². The average Bonchev–Trinajstić information content (AvgIpc) is 2.46. The number of anilines is 1. The molecule has 19 heavy (non-hydrogen) atoms. The van der Waals surface area contributed by atoms with E-state index >= 15 is 0 Å². The van der Waals surface area contributed by atoms with Crippen LogP contribution in [0.15, 0.2) is 47.3 Å². The van der Waals surface area contributed by atoms with Crippen molar-refractivity contribution in [2.45, 2.75) is 6.42 Å². The lowest BCUT2D eigenvalue weighted by Gasteiger charge is -2.16. The van der Waals surface area contributed by atoms with Gasteiger partial charge in [0.25, 0.3) is 0 Å². The third-order valence-electron chi connectivity index (χ3n) is 2.86. The van der Waals surface area contributed by atoms with Crippen molar-refractivity contribution in [2.75, 3.05) is 18.5 Å². The molecule has 5 heteroatoms. The molecule has 0 unspecified atom stereocenters. The molecular formula is C14H16BrN3O. The third kappa shape index (κ3) is 4.29. The molecule has 0 saturated heterocycles. The van der Waals surface area contributed by atoms with Crippen LogP contribution in [0.2, 0.25) is 0 Å². The second kappa shape index (κ2) is 7.21. The Balaban J connectivity index is 1.92. The second-order valence-electron chi connectivity index (χ2n) is 4.32. The zero-order valence-corrected chi connectivity index (χ0v) is 12.0. The van der Waals surface area contributed by atoms with Crippen molar-refractivity contribution in [3.63, 3.8) is 0 Å². The summed E-state index contributed by atoms with van der Waals surface area (Å²) in [7, 11) is 0. The lowest BCUT2D eigenvalue weighted by molar-refractivity contribution is 0.232. The fourth-order valence-electron chi connectivity index (χ4n) is 1.82. The standard InChI is InChI=1S/C14H16BrN3O/c15-13-4-2-1-3-12(13)7-11(10-19)8-18-14-9-16-5-6-17-14/h1-6,9,11,19H,7-8,10H2,(H,17,18)/t11-/m1/s1. The van der Waals surface area contributed by atoms with Crippen molar-refractivity contribution in [1.82, 2.24) is 9.97 Å². The molecule has 2 N–H and O–H groups in total. The van der Waals surface area contributed by atoms with Gasteiger partial charge in [0, 0.05) is 35.9 Å². The SMILES string of the molecule is OC[C@@H](CNc1cnccn1)Cc1ccccc1Br. The van der Waals surface area contributed by atoms with E-state index in [9.17, 15) is 5.11 Å². The quantitative estimate of drug-likeness (QED) is 0.858. The molecule has 4 nitrogen and oxygen atoms in total. The van der Waals surface area contributed by atoms with Crippen LogP contribution in [0, 0.1) is 5.92 Å². The Hall–Kier alpha value is -1.46. The van der Waals surface area contributed by atoms with E-state index < -0.39 is 0 Å². The minimum atomic E-state index is 0.134. The van der Waals surface area contributed by atoms with Crippen LogP contribution in [0.4, 0.5) is 5.82 Å². The van der Waals surface area contributed by atoms with E-state index in [0.717, 1.165) is 16.7 Å². The van der Waals surface area contributed by atoms with E-state index in [1.165, 1.54) is 5.56 Å². The van der Waals surface area contributed by atoms with Gasteiger partial charge in [-0.25, -0.2) is 4.98 Å². The molecule has 1 atom stereocenters. The van der Waals surface area contributed by atoms with Crippen molar-refractivity contribution < 1.29 is 5.11 Å². The molecule has 0 radical (unpaired) electrons. The van der Waals surface area contributed by atoms with Gasteiger partial charge >= 0.3 is 0 Å². The van der Waals surface area contributed by atoms with E-state index in [1.54, 1.807) is 18.6 Å². The molecule has 0 amide bonds. The first-order valence-electron chi connectivity index (χ1n) is 6.13. The van der Waals surface area contributed by atoms with E-state index in [2.05, 4.69) is 37.3 Å². The van der Waals surface area contributed by atoms with Crippen LogP contribution < -0.4 is 5.32 Å². The monoisotopic (exact) mass is 321 g/mol. The predicted molar refractivity (Wildman–Crippen MR) is 78.9 cm³/mol. The smallest absolute Gasteiger partial charge is 0.144 e. The number of hydrogen-bond donors (Lipinski definition) is 2. The van der Waals surface area contributed by atoms with Crippen molar-refractivity contribution >= 4 is 21.7 Å². The summed E-state index contributed by atoms with van der Waals surface area (Å²) in [6.45, 7) is 0.797. The van der Waals surface area contributed by atoms with E-state index in [-0.39, 0.29) is 12.5 Å². The highest BCUT2D eigenvalue weighted by molar-refractivity contribution is 9.10. The van der Waals surface area contributed by atoms with E-state index in [0.29, 0.717) is 6.54 Å². The summed E-state index contributed by atoms with van der Waals surface area (Å²) in [4.78, 5) is 8.14. The molecule has 0 aliphatic heterocycles. The van der Waals surface area contributed by atoms with Gasteiger partial charge in [-0.1, -0.05) is 34.1 Å². The Morgan fingerprint density at radius 3 is 2.79 bits per heavy atom. The van der Waals surface area contributed by atoms with Gasteiger partial charge in [-0.15, -0.1) is 0 Å². The fourth-order valence-corrected chi connectivity index (χ4v) is 2.26. The van der Waals surface area contributed by atoms with Crippen LogP contribution in [0.1, 0.15) is 5.56 Å². The Morgan fingerprint density at radius 2 is 2.11 bits per heavy atom. The van der Waals surface area contributed by atoms with E-state index in [4.69, 9.17) is 0 Å². The Kier molecular flexibility index (Phi) is 5.30. The minimum Gasteiger partial charge on any atom is -0.396 e. The lowest BCUT2D eigenvalue weighted by Crippen LogP contribution is -2.21. The first-order chi connectivity index (χ1) is 9.29. The van der Waals surface area contributed by atoms with Gasteiger partial charge < -0.3 is 10.4 Å². The summed E-state index contributed by atoms with van der Waals surface area (Å²) in [6.07, 6.45) is 5.76. The Labute approximate surface area is 121 Å². The summed E-state index contributed by atoms with van der Waals surface area (Å²) < 4.78 is 1.08. The lowest BCUT2D eigenvalue weighted by atomic mass is 10.00. The number of nitrogens with one attached hydrogen (secondary N) is 1. The van der Waals surface area contributed by atoms with Gasteiger partial charge in [-0.2, -0.15) is 0 Å². The molecule has 2 rings (SSSR count). The van der Waals surface area contributed by atoms with Gasteiger partial charge in [0.2, 0.25) is 0 Å². The van der Waals surface area contributed by atoms with Crippen molar-refractivity contribution in [1.29, 1.82) is 0 Å². The third-order valence-corrected chi connectivity index (χ3v) is 3.63. The molecule has 0 spiro atoms. The molecule has 1 heterocycles. The number of halogens is 1. The maximum Gasteiger partial charge on any atom is 0.144 e. The number of aliphatic hydroxyl groups is 1. The molecule has 1 aromatic carbocycles. The van der Waals surface area contributed by atoms with E-state index in [1.807, 2.05) is 18.2 Å². The number of aromatic nitrogens is 2.